The molecule has 1 saturated carbocycles. The first-order valence-electron chi connectivity index (χ1n) is 7.60. The predicted molar refractivity (Wildman–Crippen MR) is 93.9 cm³/mol. The lowest BCUT2D eigenvalue weighted by Gasteiger charge is -2.42. The van der Waals surface area contributed by atoms with Gasteiger partial charge in [-0.05, 0) is 37.1 Å². The van der Waals surface area contributed by atoms with Crippen molar-refractivity contribution in [2.24, 2.45) is 0 Å². The average Bonchev–Trinajstić information content (AvgIpc) is 2.43. The summed E-state index contributed by atoms with van der Waals surface area (Å²) in [4.78, 5) is 12.6. The molecule has 0 atom stereocenters. The number of carboxylic acid groups (broad SMARTS) is 1. The molecule has 2 N–H and O–H groups in total. The van der Waals surface area contributed by atoms with E-state index in [1.165, 1.54) is 0 Å². The molecular formula is C15H20Cl2N2O4S. The molecule has 0 aliphatic heterocycles. The maximum atomic E-state index is 12.2. The SMILES string of the molecule is CCN(CC(=O)O)C1CC(NS(=O)(=O)Cc2ccc(Cl)c(Cl)c2)C1. The van der Waals surface area contributed by atoms with Crippen molar-refractivity contribution in [1.29, 1.82) is 0 Å². The lowest BCUT2D eigenvalue weighted by molar-refractivity contribution is -0.139. The quantitative estimate of drug-likeness (QED) is 0.706. The number of carboxylic acids is 1. The van der Waals surface area contributed by atoms with E-state index in [1.807, 2.05) is 11.8 Å². The number of hydrogen-bond donors (Lipinski definition) is 2. The molecular weight excluding hydrogens is 375 g/mol. The largest absolute Gasteiger partial charge is 0.480 e. The molecule has 134 valence electrons. The number of carbonyl (C=O) groups is 1. The second kappa shape index (κ2) is 8.01. The monoisotopic (exact) mass is 394 g/mol. The lowest BCUT2D eigenvalue weighted by Crippen LogP contribution is -2.54. The van der Waals surface area contributed by atoms with Crippen LogP contribution >= 0.6 is 23.2 Å². The number of benzene rings is 1. The Morgan fingerprint density at radius 1 is 1.33 bits per heavy atom. The fourth-order valence-corrected chi connectivity index (χ4v) is 4.52. The van der Waals surface area contributed by atoms with Crippen LogP contribution in [0.2, 0.25) is 10.0 Å². The summed E-state index contributed by atoms with van der Waals surface area (Å²) >= 11 is 11.7. The predicted octanol–water partition coefficient (Wildman–Crippen LogP) is 2.35. The molecule has 1 aliphatic rings. The van der Waals surface area contributed by atoms with Crippen LogP contribution in [0.1, 0.15) is 25.3 Å². The second-order valence-electron chi connectivity index (χ2n) is 5.90. The molecule has 0 unspecified atom stereocenters. The van der Waals surface area contributed by atoms with Crippen molar-refractivity contribution in [1.82, 2.24) is 9.62 Å². The maximum Gasteiger partial charge on any atom is 0.317 e. The van der Waals surface area contributed by atoms with Crippen LogP contribution in [0.15, 0.2) is 18.2 Å². The van der Waals surface area contributed by atoms with E-state index >= 15 is 0 Å². The maximum absolute atomic E-state index is 12.2. The molecule has 9 heteroatoms. The highest BCUT2D eigenvalue weighted by Gasteiger charge is 2.35. The number of halogens is 2. The van der Waals surface area contributed by atoms with Crippen LogP contribution in [0.25, 0.3) is 0 Å². The number of nitrogens with zero attached hydrogens (tertiary/aromatic N) is 1. The molecule has 1 aliphatic carbocycles. The van der Waals surface area contributed by atoms with Crippen molar-refractivity contribution < 1.29 is 18.3 Å². The highest BCUT2D eigenvalue weighted by Crippen LogP contribution is 2.27. The van der Waals surface area contributed by atoms with Crippen LogP contribution in [0.3, 0.4) is 0 Å². The van der Waals surface area contributed by atoms with E-state index in [0.717, 1.165) is 0 Å². The summed E-state index contributed by atoms with van der Waals surface area (Å²) < 4.78 is 27.1. The molecule has 0 saturated heterocycles. The van der Waals surface area contributed by atoms with Crippen LogP contribution in [0.5, 0.6) is 0 Å². The summed E-state index contributed by atoms with van der Waals surface area (Å²) in [5.74, 6) is -1.04. The molecule has 24 heavy (non-hydrogen) atoms. The van der Waals surface area contributed by atoms with Gasteiger partial charge in [-0.25, -0.2) is 13.1 Å². The fraction of sp³-hybridized carbons (Fsp3) is 0.533. The number of nitrogens with one attached hydrogen (secondary N) is 1. The summed E-state index contributed by atoms with van der Waals surface area (Å²) in [6.07, 6.45) is 1.23. The number of sulfonamides is 1. The molecule has 0 radical (unpaired) electrons. The minimum atomic E-state index is -3.49. The molecule has 0 bridgehead atoms. The minimum absolute atomic E-state index is 0.0239. The third-order valence-corrected chi connectivity index (χ3v) is 6.21. The van der Waals surface area contributed by atoms with Crippen molar-refractivity contribution in [3.63, 3.8) is 0 Å². The first kappa shape index (κ1) is 19.5. The van der Waals surface area contributed by atoms with Gasteiger partial charge in [-0.15, -0.1) is 0 Å². The van der Waals surface area contributed by atoms with Gasteiger partial charge in [0.05, 0.1) is 22.3 Å². The third kappa shape index (κ3) is 5.32. The lowest BCUT2D eigenvalue weighted by atomic mass is 9.86. The Balaban J connectivity index is 1.87. The van der Waals surface area contributed by atoms with Gasteiger partial charge in [-0.1, -0.05) is 36.2 Å². The van der Waals surface area contributed by atoms with Crippen molar-refractivity contribution in [3.05, 3.63) is 33.8 Å². The number of aliphatic carboxylic acids is 1. The van der Waals surface area contributed by atoms with Crippen LogP contribution < -0.4 is 4.72 Å². The zero-order valence-corrected chi connectivity index (χ0v) is 15.5. The number of rotatable bonds is 8. The van der Waals surface area contributed by atoms with Crippen molar-refractivity contribution in [3.8, 4) is 0 Å². The minimum Gasteiger partial charge on any atom is -0.480 e. The van der Waals surface area contributed by atoms with E-state index in [1.54, 1.807) is 18.2 Å². The third-order valence-electron chi connectivity index (χ3n) is 4.06. The molecule has 1 fully saturated rings. The van der Waals surface area contributed by atoms with E-state index in [4.69, 9.17) is 28.3 Å². The number of hydrogen-bond acceptors (Lipinski definition) is 4. The molecule has 1 aromatic rings. The Morgan fingerprint density at radius 2 is 2.00 bits per heavy atom. The Morgan fingerprint density at radius 3 is 2.54 bits per heavy atom. The average molecular weight is 395 g/mol. The Labute approximate surface area is 151 Å². The van der Waals surface area contributed by atoms with Gasteiger partial charge in [0.15, 0.2) is 0 Å². The van der Waals surface area contributed by atoms with Gasteiger partial charge in [0.25, 0.3) is 0 Å². The van der Waals surface area contributed by atoms with Gasteiger partial charge in [-0.2, -0.15) is 0 Å². The normalized spacial score (nSPS) is 20.8. The van der Waals surface area contributed by atoms with Gasteiger partial charge in [0.2, 0.25) is 10.0 Å². The summed E-state index contributed by atoms with van der Waals surface area (Å²) in [7, 11) is -3.49. The van der Waals surface area contributed by atoms with E-state index in [9.17, 15) is 13.2 Å². The topological polar surface area (TPSA) is 86.7 Å². The Kier molecular flexibility index (Phi) is 6.50. The van der Waals surface area contributed by atoms with Crippen LogP contribution in [0, 0.1) is 0 Å². The van der Waals surface area contributed by atoms with Crippen molar-refractivity contribution in [2.45, 2.75) is 37.6 Å². The summed E-state index contributed by atoms with van der Waals surface area (Å²) in [5.41, 5.74) is 0.564. The van der Waals surface area contributed by atoms with Crippen molar-refractivity contribution >= 4 is 39.2 Å². The van der Waals surface area contributed by atoms with Gasteiger partial charge in [0, 0.05) is 12.1 Å². The van der Waals surface area contributed by atoms with Gasteiger partial charge in [-0.3, -0.25) is 9.69 Å². The molecule has 0 amide bonds. The molecule has 0 spiro atoms. The van der Waals surface area contributed by atoms with E-state index in [0.29, 0.717) is 35.0 Å². The summed E-state index contributed by atoms with van der Waals surface area (Å²) in [6, 6.07) is 4.68. The smallest absolute Gasteiger partial charge is 0.317 e. The van der Waals surface area contributed by atoms with Crippen LogP contribution in [-0.4, -0.2) is 49.6 Å². The van der Waals surface area contributed by atoms with Gasteiger partial charge < -0.3 is 5.11 Å². The second-order valence-corrected chi connectivity index (χ2v) is 8.47. The molecule has 2 rings (SSSR count). The fourth-order valence-electron chi connectivity index (χ4n) is 2.80. The molecule has 6 nitrogen and oxygen atoms in total. The first-order valence-corrected chi connectivity index (χ1v) is 10.0. The van der Waals surface area contributed by atoms with Gasteiger partial charge >= 0.3 is 5.97 Å². The summed E-state index contributed by atoms with van der Waals surface area (Å²) in [5, 5.41) is 9.57. The van der Waals surface area contributed by atoms with Crippen molar-refractivity contribution in [2.75, 3.05) is 13.1 Å². The zero-order valence-electron chi connectivity index (χ0n) is 13.2. The summed E-state index contributed by atoms with van der Waals surface area (Å²) in [6.45, 7) is 2.49. The van der Waals surface area contributed by atoms with E-state index in [2.05, 4.69) is 4.72 Å². The van der Waals surface area contributed by atoms with E-state index in [-0.39, 0.29) is 24.4 Å². The first-order chi connectivity index (χ1) is 11.2. The Bertz CT molecular complexity index is 705. The zero-order chi connectivity index (χ0) is 17.9. The van der Waals surface area contributed by atoms with Gasteiger partial charge in [0.1, 0.15) is 0 Å². The van der Waals surface area contributed by atoms with Crippen LogP contribution in [-0.2, 0) is 20.6 Å². The van der Waals surface area contributed by atoms with Crippen LogP contribution in [0.4, 0.5) is 0 Å². The Hall–Kier alpha value is -0.860. The standard InChI is InChI=1S/C15H20Cl2N2O4S/c1-2-19(8-15(20)21)12-6-11(7-12)18-24(22,23)9-10-3-4-13(16)14(17)5-10/h3-5,11-12,18H,2,6-9H2,1H3,(H,20,21). The molecule has 0 heterocycles. The van der Waals surface area contributed by atoms with E-state index < -0.39 is 16.0 Å². The molecule has 1 aromatic carbocycles. The molecule has 0 aromatic heterocycles. The highest BCUT2D eigenvalue weighted by atomic mass is 35.5. The highest BCUT2D eigenvalue weighted by molar-refractivity contribution is 7.88. The number of likely N-dealkylation sites (N-methyl/N-ethyl adjacent to an activating group) is 1.